The highest BCUT2D eigenvalue weighted by Gasteiger charge is 2.14. The van der Waals surface area contributed by atoms with Crippen molar-refractivity contribution in [3.05, 3.63) is 12.4 Å². The first kappa shape index (κ1) is 9.52. The zero-order valence-electron chi connectivity index (χ0n) is 8.57. The van der Waals surface area contributed by atoms with Gasteiger partial charge in [0.25, 0.3) is 0 Å². The Morgan fingerprint density at radius 1 is 1.71 bits per heavy atom. The van der Waals surface area contributed by atoms with E-state index < -0.39 is 0 Å². The average molecular weight is 195 g/mol. The van der Waals surface area contributed by atoms with E-state index in [1.807, 2.05) is 10.9 Å². The molecule has 0 aromatic carbocycles. The first-order valence-corrected chi connectivity index (χ1v) is 5.27. The number of ether oxygens (including phenoxy) is 1. The van der Waals surface area contributed by atoms with Crippen LogP contribution in [-0.2, 0) is 6.54 Å². The van der Waals surface area contributed by atoms with E-state index >= 15 is 0 Å². The van der Waals surface area contributed by atoms with Gasteiger partial charge >= 0.3 is 0 Å². The third-order valence-electron chi connectivity index (χ3n) is 2.55. The number of rotatable bonds is 4. The van der Waals surface area contributed by atoms with Crippen LogP contribution in [0.25, 0.3) is 0 Å². The molecule has 1 aromatic heterocycles. The van der Waals surface area contributed by atoms with Gasteiger partial charge in [-0.25, -0.2) is 0 Å². The maximum Gasteiger partial charge on any atom is 0.157 e. The van der Waals surface area contributed by atoms with Gasteiger partial charge in [0.15, 0.2) is 5.75 Å². The van der Waals surface area contributed by atoms with E-state index in [1.165, 1.54) is 12.8 Å². The van der Waals surface area contributed by atoms with Crippen LogP contribution >= 0.6 is 0 Å². The first-order chi connectivity index (χ1) is 6.88. The van der Waals surface area contributed by atoms with E-state index in [1.54, 1.807) is 6.20 Å². The van der Waals surface area contributed by atoms with Gasteiger partial charge in [-0.15, -0.1) is 0 Å². The SMILES string of the molecule is CCn1cc(OCC2CCCN2)cn1. The van der Waals surface area contributed by atoms with Crippen LogP contribution in [-0.4, -0.2) is 29.0 Å². The summed E-state index contributed by atoms with van der Waals surface area (Å²) >= 11 is 0. The quantitative estimate of drug-likeness (QED) is 0.780. The Morgan fingerprint density at radius 2 is 2.64 bits per heavy atom. The molecule has 0 amide bonds. The number of hydrogen-bond acceptors (Lipinski definition) is 3. The Balaban J connectivity index is 1.79. The minimum absolute atomic E-state index is 0.528. The molecule has 0 bridgehead atoms. The van der Waals surface area contributed by atoms with Gasteiger partial charge in [-0.1, -0.05) is 0 Å². The topological polar surface area (TPSA) is 39.1 Å². The lowest BCUT2D eigenvalue weighted by molar-refractivity contribution is 0.277. The lowest BCUT2D eigenvalue weighted by Crippen LogP contribution is -2.28. The van der Waals surface area contributed by atoms with Crippen molar-refractivity contribution in [3.8, 4) is 5.75 Å². The molecule has 2 rings (SSSR count). The molecule has 0 spiro atoms. The van der Waals surface area contributed by atoms with E-state index in [2.05, 4.69) is 17.3 Å². The van der Waals surface area contributed by atoms with Gasteiger partial charge in [0, 0.05) is 12.6 Å². The molecule has 1 aliphatic rings. The lowest BCUT2D eigenvalue weighted by Gasteiger charge is -2.09. The smallest absolute Gasteiger partial charge is 0.157 e. The first-order valence-electron chi connectivity index (χ1n) is 5.27. The van der Waals surface area contributed by atoms with Gasteiger partial charge in [-0.05, 0) is 26.3 Å². The van der Waals surface area contributed by atoms with Crippen molar-refractivity contribution in [3.63, 3.8) is 0 Å². The predicted octanol–water partition coefficient (Wildman–Crippen LogP) is 1.03. The normalized spacial score (nSPS) is 21.4. The van der Waals surface area contributed by atoms with Crippen LogP contribution in [0.4, 0.5) is 0 Å². The van der Waals surface area contributed by atoms with E-state index in [9.17, 15) is 0 Å². The Kier molecular flexibility index (Phi) is 3.03. The number of aromatic nitrogens is 2. The summed E-state index contributed by atoms with van der Waals surface area (Å²) in [5, 5.41) is 7.55. The van der Waals surface area contributed by atoms with Gasteiger partial charge in [0.2, 0.25) is 0 Å². The van der Waals surface area contributed by atoms with Crippen molar-refractivity contribution in [1.82, 2.24) is 15.1 Å². The molecule has 14 heavy (non-hydrogen) atoms. The molecule has 1 aromatic rings. The summed E-state index contributed by atoms with van der Waals surface area (Å²) in [4.78, 5) is 0. The summed E-state index contributed by atoms with van der Waals surface area (Å²) in [5.41, 5.74) is 0. The molecular weight excluding hydrogens is 178 g/mol. The van der Waals surface area contributed by atoms with Crippen molar-refractivity contribution in [2.24, 2.45) is 0 Å². The largest absolute Gasteiger partial charge is 0.489 e. The molecule has 4 nitrogen and oxygen atoms in total. The van der Waals surface area contributed by atoms with Crippen molar-refractivity contribution in [2.75, 3.05) is 13.2 Å². The summed E-state index contributed by atoms with van der Waals surface area (Å²) in [6.07, 6.45) is 6.21. The van der Waals surface area contributed by atoms with E-state index in [0.717, 1.165) is 25.4 Å². The van der Waals surface area contributed by atoms with Crippen molar-refractivity contribution in [1.29, 1.82) is 0 Å². The van der Waals surface area contributed by atoms with E-state index in [0.29, 0.717) is 6.04 Å². The molecule has 1 fully saturated rings. The van der Waals surface area contributed by atoms with E-state index in [-0.39, 0.29) is 0 Å². The molecule has 0 saturated carbocycles. The van der Waals surface area contributed by atoms with Crippen molar-refractivity contribution in [2.45, 2.75) is 32.4 Å². The van der Waals surface area contributed by atoms with Gasteiger partial charge in [-0.3, -0.25) is 4.68 Å². The maximum atomic E-state index is 5.63. The third kappa shape index (κ3) is 2.26. The monoisotopic (exact) mass is 195 g/mol. The molecule has 1 N–H and O–H groups in total. The fraction of sp³-hybridized carbons (Fsp3) is 0.700. The summed E-state index contributed by atoms with van der Waals surface area (Å²) in [6.45, 7) is 4.85. The second-order valence-corrected chi connectivity index (χ2v) is 3.64. The summed E-state index contributed by atoms with van der Waals surface area (Å²) in [5.74, 6) is 0.876. The lowest BCUT2D eigenvalue weighted by atomic mass is 10.2. The summed E-state index contributed by atoms with van der Waals surface area (Å²) in [7, 11) is 0. The number of nitrogens with zero attached hydrogens (tertiary/aromatic N) is 2. The van der Waals surface area contributed by atoms with Crippen LogP contribution in [0.1, 0.15) is 19.8 Å². The molecule has 1 saturated heterocycles. The van der Waals surface area contributed by atoms with Crippen LogP contribution in [0.2, 0.25) is 0 Å². The highest BCUT2D eigenvalue weighted by Crippen LogP contribution is 2.11. The fourth-order valence-electron chi connectivity index (χ4n) is 1.69. The molecule has 78 valence electrons. The molecular formula is C10H17N3O. The average Bonchev–Trinajstić information content (AvgIpc) is 2.86. The summed E-state index contributed by atoms with van der Waals surface area (Å²) < 4.78 is 7.50. The Bertz CT molecular complexity index is 279. The van der Waals surface area contributed by atoms with Gasteiger partial charge < -0.3 is 10.1 Å². The van der Waals surface area contributed by atoms with Crippen LogP contribution in [0.15, 0.2) is 12.4 Å². The number of hydrogen-bond donors (Lipinski definition) is 1. The van der Waals surface area contributed by atoms with Gasteiger partial charge in [0.05, 0.1) is 12.4 Å². The zero-order chi connectivity index (χ0) is 9.80. The molecule has 1 atom stereocenters. The predicted molar refractivity (Wildman–Crippen MR) is 54.4 cm³/mol. The number of nitrogens with one attached hydrogen (secondary N) is 1. The van der Waals surface area contributed by atoms with E-state index in [4.69, 9.17) is 4.74 Å². The second kappa shape index (κ2) is 4.46. The highest BCUT2D eigenvalue weighted by atomic mass is 16.5. The van der Waals surface area contributed by atoms with Crippen LogP contribution in [0.5, 0.6) is 5.75 Å². The standard InChI is InChI=1S/C10H17N3O/c1-2-13-7-10(6-12-13)14-8-9-4-3-5-11-9/h6-7,9,11H,2-5,8H2,1H3. The van der Waals surface area contributed by atoms with Crippen LogP contribution in [0.3, 0.4) is 0 Å². The second-order valence-electron chi connectivity index (χ2n) is 3.64. The highest BCUT2D eigenvalue weighted by molar-refractivity contribution is 5.11. The minimum Gasteiger partial charge on any atom is -0.489 e. The maximum absolute atomic E-state index is 5.63. The minimum atomic E-state index is 0.528. The Morgan fingerprint density at radius 3 is 3.29 bits per heavy atom. The van der Waals surface area contributed by atoms with Gasteiger partial charge in [-0.2, -0.15) is 5.10 Å². The van der Waals surface area contributed by atoms with Crippen LogP contribution in [0, 0.1) is 0 Å². The third-order valence-corrected chi connectivity index (χ3v) is 2.55. The van der Waals surface area contributed by atoms with Gasteiger partial charge in [0.1, 0.15) is 6.61 Å². The molecule has 2 heterocycles. The Hall–Kier alpha value is -1.03. The number of aryl methyl sites for hydroxylation is 1. The fourth-order valence-corrected chi connectivity index (χ4v) is 1.69. The van der Waals surface area contributed by atoms with Crippen molar-refractivity contribution < 1.29 is 4.74 Å². The van der Waals surface area contributed by atoms with Crippen molar-refractivity contribution >= 4 is 0 Å². The molecule has 4 heteroatoms. The zero-order valence-corrected chi connectivity index (χ0v) is 8.57. The Labute approximate surface area is 84.3 Å². The van der Waals surface area contributed by atoms with Crippen LogP contribution < -0.4 is 10.1 Å². The summed E-state index contributed by atoms with van der Waals surface area (Å²) in [6, 6.07) is 0.528. The molecule has 0 aliphatic carbocycles. The molecule has 0 radical (unpaired) electrons. The molecule has 1 aliphatic heterocycles. The molecule has 1 unspecified atom stereocenters.